The lowest BCUT2D eigenvalue weighted by Crippen LogP contribution is -2.36. The fraction of sp³-hybridized carbons (Fsp3) is 0.174. The van der Waals surface area contributed by atoms with E-state index in [1.54, 1.807) is 42.5 Å². The predicted octanol–water partition coefficient (Wildman–Crippen LogP) is 4.00. The minimum Gasteiger partial charge on any atom is -0.495 e. The molecule has 3 amide bonds. The van der Waals surface area contributed by atoms with Crippen LogP contribution >= 0.6 is 34.4 Å². The van der Waals surface area contributed by atoms with E-state index in [-0.39, 0.29) is 11.5 Å². The lowest BCUT2D eigenvalue weighted by atomic mass is 10.2. The van der Waals surface area contributed by atoms with Crippen molar-refractivity contribution in [1.82, 2.24) is 4.90 Å². The van der Waals surface area contributed by atoms with Crippen molar-refractivity contribution in [1.29, 1.82) is 0 Å². The number of benzene rings is 2. The zero-order chi connectivity index (χ0) is 24.0. The fourth-order valence-electron chi connectivity index (χ4n) is 2.95. The van der Waals surface area contributed by atoms with E-state index in [0.717, 1.165) is 20.2 Å². The van der Waals surface area contributed by atoms with E-state index in [4.69, 9.17) is 20.6 Å². The summed E-state index contributed by atoms with van der Waals surface area (Å²) in [5.74, 6) is 2.73. The number of amides is 3. The van der Waals surface area contributed by atoms with Crippen LogP contribution in [0.25, 0.3) is 6.08 Å². The number of halogens is 1. The third kappa shape index (κ3) is 5.80. The van der Waals surface area contributed by atoms with Crippen LogP contribution in [-0.2, 0) is 9.59 Å². The Morgan fingerprint density at radius 3 is 2.64 bits per heavy atom. The highest BCUT2D eigenvalue weighted by molar-refractivity contribution is 14.1. The minimum absolute atomic E-state index is 0.0848. The second-order valence-corrected chi connectivity index (χ2v) is 8.70. The summed E-state index contributed by atoms with van der Waals surface area (Å²) < 4.78 is 16.8. The first kappa shape index (κ1) is 24.5. The van der Waals surface area contributed by atoms with Crippen LogP contribution in [0.5, 0.6) is 17.2 Å². The maximum atomic E-state index is 12.8. The monoisotopic (exact) mass is 578 g/mol. The van der Waals surface area contributed by atoms with Crippen LogP contribution in [-0.4, -0.2) is 49.3 Å². The topological polar surface area (TPSA) is 94.2 Å². The first-order valence-corrected chi connectivity index (χ1v) is 11.4. The summed E-state index contributed by atoms with van der Waals surface area (Å²) >= 11 is 2.83. The Kier molecular flexibility index (Phi) is 8.24. The lowest BCUT2D eigenvalue weighted by molar-refractivity contribution is -0.127. The number of nitrogens with one attached hydrogen (secondary N) is 1. The standard InChI is InChI=1S/C23H19IN2O6S/c1-4-9-32-21-15(24)10-14(11-18(21)31-3)12-19-22(28)26(23(29)33-19)13-20(27)25-16-7-5-6-8-17(16)30-2/h1,5-8,10-12H,9,13H2,2-3H3,(H,25,27)/b19-12+. The van der Waals surface area contributed by atoms with Crippen LogP contribution in [0.2, 0.25) is 0 Å². The maximum Gasteiger partial charge on any atom is 0.294 e. The predicted molar refractivity (Wildman–Crippen MR) is 134 cm³/mol. The number of imide groups is 1. The summed E-state index contributed by atoms with van der Waals surface area (Å²) in [7, 11) is 2.97. The molecule has 3 rings (SSSR count). The van der Waals surface area contributed by atoms with Gasteiger partial charge in [-0.15, -0.1) is 6.42 Å². The van der Waals surface area contributed by atoms with Crippen molar-refractivity contribution in [3.05, 3.63) is 50.4 Å². The number of anilines is 1. The number of hydrogen-bond acceptors (Lipinski definition) is 7. The molecule has 2 aromatic carbocycles. The summed E-state index contributed by atoms with van der Waals surface area (Å²) in [6, 6.07) is 10.3. The number of thioether (sulfide) groups is 1. The molecule has 2 aromatic rings. The van der Waals surface area contributed by atoms with Gasteiger partial charge in [-0.3, -0.25) is 19.3 Å². The zero-order valence-corrected chi connectivity index (χ0v) is 20.7. The van der Waals surface area contributed by atoms with Crippen LogP contribution in [0.3, 0.4) is 0 Å². The first-order valence-electron chi connectivity index (χ1n) is 9.50. The van der Waals surface area contributed by atoms with E-state index < -0.39 is 23.6 Å². The molecule has 170 valence electrons. The molecule has 0 aliphatic carbocycles. The summed E-state index contributed by atoms with van der Waals surface area (Å²) in [5, 5.41) is 2.12. The SMILES string of the molecule is C#CCOc1c(I)cc(/C=C2/SC(=O)N(CC(=O)Nc3ccccc3OC)C2=O)cc1OC. The van der Waals surface area contributed by atoms with E-state index in [1.807, 2.05) is 0 Å². The van der Waals surface area contributed by atoms with Crippen molar-refractivity contribution in [2.45, 2.75) is 0 Å². The van der Waals surface area contributed by atoms with Gasteiger partial charge in [-0.2, -0.15) is 0 Å². The summed E-state index contributed by atoms with van der Waals surface area (Å²) in [6.07, 6.45) is 6.82. The third-order valence-corrected chi connectivity index (χ3v) is 6.11. The Labute approximate surface area is 208 Å². The van der Waals surface area contributed by atoms with E-state index in [9.17, 15) is 14.4 Å². The van der Waals surface area contributed by atoms with Crippen LogP contribution in [0.1, 0.15) is 5.56 Å². The molecule has 8 nitrogen and oxygen atoms in total. The van der Waals surface area contributed by atoms with Gasteiger partial charge in [-0.25, -0.2) is 0 Å². The van der Waals surface area contributed by atoms with E-state index >= 15 is 0 Å². The van der Waals surface area contributed by atoms with Gasteiger partial charge in [-0.05, 0) is 70.3 Å². The molecule has 0 aromatic heterocycles. The number of rotatable bonds is 8. The van der Waals surface area contributed by atoms with Crippen molar-refractivity contribution in [3.8, 4) is 29.6 Å². The Morgan fingerprint density at radius 2 is 1.94 bits per heavy atom. The van der Waals surface area contributed by atoms with Crippen molar-refractivity contribution in [2.75, 3.05) is 32.7 Å². The molecule has 0 bridgehead atoms. The number of carbonyl (C=O) groups excluding carboxylic acids is 3. The molecule has 0 spiro atoms. The third-order valence-electron chi connectivity index (χ3n) is 4.41. The average Bonchev–Trinajstić information content (AvgIpc) is 3.05. The lowest BCUT2D eigenvalue weighted by Gasteiger charge is -2.14. The number of ether oxygens (including phenoxy) is 3. The highest BCUT2D eigenvalue weighted by Gasteiger charge is 2.36. The Morgan fingerprint density at radius 1 is 1.21 bits per heavy atom. The van der Waals surface area contributed by atoms with E-state index in [1.165, 1.54) is 14.2 Å². The van der Waals surface area contributed by atoms with Gasteiger partial charge in [0.2, 0.25) is 5.91 Å². The quantitative estimate of drug-likeness (QED) is 0.288. The van der Waals surface area contributed by atoms with Gasteiger partial charge in [0, 0.05) is 0 Å². The average molecular weight is 578 g/mol. The molecule has 0 saturated carbocycles. The number of hydrogen-bond donors (Lipinski definition) is 1. The number of carbonyl (C=O) groups is 3. The smallest absolute Gasteiger partial charge is 0.294 e. The highest BCUT2D eigenvalue weighted by Crippen LogP contribution is 2.37. The van der Waals surface area contributed by atoms with Gasteiger partial charge in [0.15, 0.2) is 11.5 Å². The molecular weight excluding hydrogens is 559 g/mol. The largest absolute Gasteiger partial charge is 0.495 e. The molecule has 1 aliphatic heterocycles. The molecular formula is C23H19IN2O6S. The van der Waals surface area contributed by atoms with Crippen LogP contribution in [0, 0.1) is 15.9 Å². The Hall–Kier alpha value is -3.17. The van der Waals surface area contributed by atoms with Gasteiger partial charge >= 0.3 is 0 Å². The zero-order valence-electron chi connectivity index (χ0n) is 17.7. The Balaban J connectivity index is 1.76. The van der Waals surface area contributed by atoms with Gasteiger partial charge in [0.25, 0.3) is 11.1 Å². The van der Waals surface area contributed by atoms with Gasteiger partial charge < -0.3 is 19.5 Å². The minimum atomic E-state index is -0.554. The van der Waals surface area contributed by atoms with Crippen LogP contribution in [0.4, 0.5) is 10.5 Å². The number of para-hydroxylation sites is 2. The van der Waals surface area contributed by atoms with E-state index in [2.05, 4.69) is 33.8 Å². The second kappa shape index (κ2) is 11.1. The fourth-order valence-corrected chi connectivity index (χ4v) is 4.57. The van der Waals surface area contributed by atoms with Gasteiger partial charge in [-0.1, -0.05) is 18.1 Å². The van der Waals surface area contributed by atoms with Crippen LogP contribution < -0.4 is 19.5 Å². The molecule has 1 fully saturated rings. The Bertz CT molecular complexity index is 1170. The van der Waals surface area contributed by atoms with Crippen LogP contribution in [0.15, 0.2) is 41.3 Å². The number of terminal acetylenes is 1. The molecule has 1 N–H and O–H groups in total. The normalized spacial score (nSPS) is 14.2. The molecule has 0 atom stereocenters. The van der Waals surface area contributed by atoms with Crippen molar-refractivity contribution in [2.24, 2.45) is 0 Å². The molecule has 33 heavy (non-hydrogen) atoms. The highest BCUT2D eigenvalue weighted by atomic mass is 127. The second-order valence-electron chi connectivity index (χ2n) is 6.54. The molecule has 0 radical (unpaired) electrons. The summed E-state index contributed by atoms with van der Waals surface area (Å²) in [5.41, 5.74) is 1.08. The van der Waals surface area contributed by atoms with Crippen molar-refractivity contribution in [3.63, 3.8) is 0 Å². The maximum absolute atomic E-state index is 12.8. The molecule has 0 unspecified atom stereocenters. The number of nitrogens with zero attached hydrogens (tertiary/aromatic N) is 1. The summed E-state index contributed by atoms with van der Waals surface area (Å²) in [6.45, 7) is -0.332. The van der Waals surface area contributed by atoms with Crippen molar-refractivity contribution < 1.29 is 28.6 Å². The molecule has 1 aliphatic rings. The number of methoxy groups -OCH3 is 2. The molecule has 1 saturated heterocycles. The van der Waals surface area contributed by atoms with Gasteiger partial charge in [0.05, 0.1) is 28.4 Å². The summed E-state index contributed by atoms with van der Waals surface area (Å²) in [4.78, 5) is 38.8. The van der Waals surface area contributed by atoms with E-state index in [0.29, 0.717) is 28.5 Å². The molecule has 10 heteroatoms. The molecule has 1 heterocycles. The van der Waals surface area contributed by atoms with Gasteiger partial charge in [0.1, 0.15) is 18.9 Å². The van der Waals surface area contributed by atoms with Crippen molar-refractivity contribution >= 4 is 63.2 Å². The first-order chi connectivity index (χ1) is 15.9.